The Labute approximate surface area is 233 Å². The molecule has 0 atom stereocenters. The van der Waals surface area contributed by atoms with Crippen LogP contribution >= 0.6 is 0 Å². The van der Waals surface area contributed by atoms with Crippen molar-refractivity contribution >= 4 is 49.3 Å². The number of rotatable bonds is 8. The molecular formula is C29H34N6O4S. The van der Waals surface area contributed by atoms with Gasteiger partial charge in [-0.1, -0.05) is 38.1 Å². The SMILES string of the molecule is CC(C)c1nc2c(C(=O)O)cc(N(C3CCNCC3)S(C)(=O)=O)cc2n1Cc1ccc2ccc(C(=N)N)cc2c1. The topological polar surface area (TPSA) is 154 Å². The summed E-state index contributed by atoms with van der Waals surface area (Å²) in [5, 5.41) is 23.1. The molecule has 0 bridgehead atoms. The lowest BCUT2D eigenvalue weighted by molar-refractivity contribution is 0.0698. The molecule has 0 radical (unpaired) electrons. The molecule has 10 nitrogen and oxygen atoms in total. The van der Waals surface area contributed by atoms with E-state index in [0.717, 1.165) is 16.3 Å². The van der Waals surface area contributed by atoms with Crippen LogP contribution in [0.2, 0.25) is 0 Å². The second kappa shape index (κ2) is 10.5. The Morgan fingerprint density at radius 3 is 2.48 bits per heavy atom. The maximum Gasteiger partial charge on any atom is 0.338 e. The number of amidine groups is 1. The van der Waals surface area contributed by atoms with Gasteiger partial charge in [-0.2, -0.15) is 0 Å². The van der Waals surface area contributed by atoms with Crippen LogP contribution in [0.3, 0.4) is 0 Å². The number of anilines is 1. The smallest absolute Gasteiger partial charge is 0.338 e. The predicted octanol–water partition coefficient (Wildman–Crippen LogP) is 3.86. The van der Waals surface area contributed by atoms with Gasteiger partial charge in [-0.3, -0.25) is 9.71 Å². The van der Waals surface area contributed by atoms with Crippen LogP contribution in [0.5, 0.6) is 0 Å². The number of piperidine rings is 1. The molecule has 11 heteroatoms. The van der Waals surface area contributed by atoms with E-state index in [2.05, 4.69) is 5.32 Å². The lowest BCUT2D eigenvalue weighted by Gasteiger charge is -2.34. The number of sulfonamides is 1. The van der Waals surface area contributed by atoms with E-state index in [1.807, 2.05) is 54.8 Å². The summed E-state index contributed by atoms with van der Waals surface area (Å²) < 4.78 is 29.5. The summed E-state index contributed by atoms with van der Waals surface area (Å²) in [4.78, 5) is 17.2. The van der Waals surface area contributed by atoms with E-state index in [-0.39, 0.29) is 23.4 Å². The number of fused-ring (bicyclic) bond motifs is 2. The fraction of sp³-hybridized carbons (Fsp3) is 0.345. The molecule has 5 N–H and O–H groups in total. The highest BCUT2D eigenvalue weighted by molar-refractivity contribution is 7.92. The number of aromatic nitrogens is 2. The van der Waals surface area contributed by atoms with E-state index in [9.17, 15) is 18.3 Å². The highest BCUT2D eigenvalue weighted by Crippen LogP contribution is 2.34. The van der Waals surface area contributed by atoms with Crippen LogP contribution in [0, 0.1) is 5.41 Å². The molecule has 1 aliphatic rings. The van der Waals surface area contributed by atoms with E-state index in [1.54, 1.807) is 6.07 Å². The number of imidazole rings is 1. The van der Waals surface area contributed by atoms with Crippen molar-refractivity contribution in [2.24, 2.45) is 5.73 Å². The Bertz CT molecular complexity index is 1740. The van der Waals surface area contributed by atoms with Gasteiger partial charge in [-0.25, -0.2) is 18.2 Å². The lowest BCUT2D eigenvalue weighted by atomic mass is 10.0. The highest BCUT2D eigenvalue weighted by atomic mass is 32.2. The summed E-state index contributed by atoms with van der Waals surface area (Å²) in [5.74, 6) is -0.473. The average Bonchev–Trinajstić information content (AvgIpc) is 3.26. The molecule has 210 valence electrons. The van der Waals surface area contributed by atoms with Gasteiger partial charge in [-0.05, 0) is 66.5 Å². The van der Waals surface area contributed by atoms with Gasteiger partial charge >= 0.3 is 5.97 Å². The molecule has 1 saturated heterocycles. The molecule has 4 aromatic rings. The molecule has 0 saturated carbocycles. The predicted molar refractivity (Wildman–Crippen MR) is 158 cm³/mol. The minimum Gasteiger partial charge on any atom is -0.478 e. The van der Waals surface area contributed by atoms with Gasteiger partial charge in [0.05, 0.1) is 23.0 Å². The summed E-state index contributed by atoms with van der Waals surface area (Å²) >= 11 is 0. The summed E-state index contributed by atoms with van der Waals surface area (Å²) in [6, 6.07) is 14.6. The number of carboxylic acid groups (broad SMARTS) is 1. The molecule has 3 aromatic carbocycles. The van der Waals surface area contributed by atoms with Gasteiger partial charge in [0.2, 0.25) is 10.0 Å². The molecule has 0 aliphatic carbocycles. The number of nitrogens with one attached hydrogen (secondary N) is 2. The number of nitrogens with zero attached hydrogens (tertiary/aromatic N) is 3. The molecule has 40 heavy (non-hydrogen) atoms. The van der Waals surface area contributed by atoms with Gasteiger partial charge in [0.1, 0.15) is 17.2 Å². The Balaban J connectivity index is 1.70. The number of nitrogens with two attached hydrogens (primary N) is 1. The van der Waals surface area contributed by atoms with E-state index in [1.165, 1.54) is 16.6 Å². The summed E-state index contributed by atoms with van der Waals surface area (Å²) in [6.07, 6.45) is 2.42. The van der Waals surface area contributed by atoms with Crippen LogP contribution in [0.1, 0.15) is 59.9 Å². The number of benzene rings is 3. The van der Waals surface area contributed by atoms with Gasteiger partial charge in [-0.15, -0.1) is 0 Å². The van der Waals surface area contributed by atoms with Crippen LogP contribution in [0.4, 0.5) is 5.69 Å². The fourth-order valence-electron chi connectivity index (χ4n) is 5.58. The van der Waals surface area contributed by atoms with Crippen molar-refractivity contribution in [2.45, 2.75) is 45.2 Å². The second-order valence-electron chi connectivity index (χ2n) is 10.7. The van der Waals surface area contributed by atoms with Crippen molar-refractivity contribution in [2.75, 3.05) is 23.7 Å². The fourth-order valence-corrected chi connectivity index (χ4v) is 6.82. The summed E-state index contributed by atoms with van der Waals surface area (Å²) in [5.41, 5.74) is 8.50. The van der Waals surface area contributed by atoms with E-state index in [0.29, 0.717) is 60.6 Å². The first-order chi connectivity index (χ1) is 18.9. The standard InChI is InChI=1S/C29H34N6O4S/c1-17(2)28-33-26-24(29(36)37)14-23(35(40(3,38)39)22-8-10-32-11-9-22)15-25(26)34(28)16-18-4-5-19-6-7-20(27(30)31)13-21(19)12-18/h4-7,12-15,17,22,32H,8-11,16H2,1-3H3,(H3,30,31)(H,36,37). The molecule has 1 aliphatic heterocycles. The molecular weight excluding hydrogens is 528 g/mol. The number of hydrogen-bond donors (Lipinski definition) is 4. The monoisotopic (exact) mass is 562 g/mol. The van der Waals surface area contributed by atoms with Gasteiger partial charge < -0.3 is 20.7 Å². The van der Waals surface area contributed by atoms with Crippen LogP contribution in [0.15, 0.2) is 48.5 Å². The zero-order valence-corrected chi connectivity index (χ0v) is 23.6. The van der Waals surface area contributed by atoms with Gasteiger partial charge in [0.25, 0.3) is 0 Å². The van der Waals surface area contributed by atoms with E-state index >= 15 is 0 Å². The van der Waals surface area contributed by atoms with Crippen molar-refractivity contribution < 1.29 is 18.3 Å². The number of aromatic carboxylic acids is 1. The second-order valence-corrected chi connectivity index (χ2v) is 12.6. The molecule has 2 heterocycles. The first-order valence-electron chi connectivity index (χ1n) is 13.3. The highest BCUT2D eigenvalue weighted by Gasteiger charge is 2.31. The molecule has 1 aromatic heterocycles. The number of carbonyl (C=O) groups is 1. The number of carboxylic acids is 1. The molecule has 1 fully saturated rings. The minimum atomic E-state index is -3.69. The number of nitrogen functional groups attached to an aromatic ring is 1. The Morgan fingerprint density at radius 2 is 1.85 bits per heavy atom. The zero-order valence-electron chi connectivity index (χ0n) is 22.8. The first-order valence-corrected chi connectivity index (χ1v) is 15.1. The Hall–Kier alpha value is -3.96. The minimum absolute atomic E-state index is 0.00657. The van der Waals surface area contributed by atoms with Crippen molar-refractivity contribution in [3.63, 3.8) is 0 Å². The number of hydrogen-bond acceptors (Lipinski definition) is 6. The largest absolute Gasteiger partial charge is 0.478 e. The first kappa shape index (κ1) is 27.6. The molecule has 0 unspecified atom stereocenters. The molecule has 0 spiro atoms. The normalized spacial score (nSPS) is 14.7. The van der Waals surface area contributed by atoms with Gasteiger partial charge in [0.15, 0.2) is 0 Å². The van der Waals surface area contributed by atoms with Crippen molar-refractivity contribution in [3.8, 4) is 0 Å². The quantitative estimate of drug-likeness (QED) is 0.188. The third-order valence-electron chi connectivity index (χ3n) is 7.42. The summed E-state index contributed by atoms with van der Waals surface area (Å²) in [6.45, 7) is 5.77. The van der Waals surface area contributed by atoms with Gasteiger partial charge in [0, 0.05) is 24.1 Å². The molecule has 0 amide bonds. The maximum absolute atomic E-state index is 13.0. The maximum atomic E-state index is 13.0. The zero-order chi connectivity index (χ0) is 28.8. The van der Waals surface area contributed by atoms with Crippen LogP contribution in [-0.4, -0.2) is 60.3 Å². The Kier molecular flexibility index (Phi) is 7.28. The van der Waals surface area contributed by atoms with Crippen LogP contribution < -0.4 is 15.4 Å². The third kappa shape index (κ3) is 5.26. The average molecular weight is 563 g/mol. The van der Waals surface area contributed by atoms with Crippen molar-refractivity contribution in [1.82, 2.24) is 14.9 Å². The Morgan fingerprint density at radius 1 is 1.15 bits per heavy atom. The lowest BCUT2D eigenvalue weighted by Crippen LogP contribution is -2.46. The third-order valence-corrected chi connectivity index (χ3v) is 8.65. The van der Waals surface area contributed by atoms with Crippen molar-refractivity contribution in [3.05, 3.63) is 71.0 Å². The summed E-state index contributed by atoms with van der Waals surface area (Å²) in [7, 11) is -3.69. The van der Waals surface area contributed by atoms with Crippen LogP contribution in [0.25, 0.3) is 21.8 Å². The van der Waals surface area contributed by atoms with E-state index < -0.39 is 16.0 Å². The van der Waals surface area contributed by atoms with E-state index in [4.69, 9.17) is 16.1 Å². The molecule has 5 rings (SSSR count). The van der Waals surface area contributed by atoms with Crippen molar-refractivity contribution in [1.29, 1.82) is 5.41 Å². The van der Waals surface area contributed by atoms with Crippen LogP contribution in [-0.2, 0) is 16.6 Å².